The Morgan fingerprint density at radius 1 is 1.12 bits per heavy atom. The molecule has 126 valence electrons. The first-order valence-corrected chi connectivity index (χ1v) is 8.49. The molecular formula is C18H15N3O3S. The van der Waals surface area contributed by atoms with Gasteiger partial charge in [0.05, 0.1) is 20.7 Å². The predicted molar refractivity (Wildman–Crippen MR) is 98.8 cm³/mol. The summed E-state index contributed by atoms with van der Waals surface area (Å²) in [6.45, 7) is 1.74. The van der Waals surface area contributed by atoms with Crippen LogP contribution in [0.3, 0.4) is 0 Å². The number of benzene rings is 2. The van der Waals surface area contributed by atoms with Crippen molar-refractivity contribution in [3.05, 3.63) is 70.8 Å². The van der Waals surface area contributed by atoms with Gasteiger partial charge in [-0.3, -0.25) is 14.9 Å². The van der Waals surface area contributed by atoms with E-state index in [2.05, 4.69) is 10.3 Å². The van der Waals surface area contributed by atoms with Crippen LogP contribution >= 0.6 is 11.8 Å². The minimum Gasteiger partial charge on any atom is -0.319 e. The van der Waals surface area contributed by atoms with Crippen molar-refractivity contribution in [2.75, 3.05) is 5.32 Å². The molecule has 6 nitrogen and oxygen atoms in total. The molecule has 1 amide bonds. The number of fused-ring (bicyclic) bond motifs is 1. The van der Waals surface area contributed by atoms with Gasteiger partial charge in [-0.25, -0.2) is 4.98 Å². The Labute approximate surface area is 148 Å². The molecule has 3 aromatic rings. The van der Waals surface area contributed by atoms with Gasteiger partial charge in [-0.1, -0.05) is 48.2 Å². The number of rotatable bonds is 5. The molecule has 7 heteroatoms. The van der Waals surface area contributed by atoms with E-state index in [-0.39, 0.29) is 17.3 Å². The molecule has 0 fully saturated rings. The number of nitro benzene ring substituents is 1. The molecule has 0 saturated heterocycles. The number of para-hydroxylation sites is 3. The number of carbonyl (C=O) groups is 1. The van der Waals surface area contributed by atoms with Crippen LogP contribution in [0.4, 0.5) is 11.4 Å². The topological polar surface area (TPSA) is 85.1 Å². The highest BCUT2D eigenvalue weighted by Gasteiger charge is 2.20. The second-order valence-corrected chi connectivity index (χ2v) is 6.73. The van der Waals surface area contributed by atoms with E-state index in [0.29, 0.717) is 0 Å². The maximum absolute atomic E-state index is 12.4. The van der Waals surface area contributed by atoms with Gasteiger partial charge in [0.2, 0.25) is 5.91 Å². The molecule has 1 aromatic heterocycles. The molecule has 1 atom stereocenters. The molecule has 0 bridgehead atoms. The van der Waals surface area contributed by atoms with Crippen LogP contribution in [-0.2, 0) is 4.79 Å². The summed E-state index contributed by atoms with van der Waals surface area (Å²) in [5, 5.41) is 15.0. The Bertz CT molecular complexity index is 946. The first-order valence-electron chi connectivity index (χ1n) is 7.61. The van der Waals surface area contributed by atoms with E-state index in [1.54, 1.807) is 19.1 Å². The first-order chi connectivity index (χ1) is 12.0. The van der Waals surface area contributed by atoms with Gasteiger partial charge in [0.25, 0.3) is 5.69 Å². The number of aromatic nitrogens is 1. The van der Waals surface area contributed by atoms with Crippen molar-refractivity contribution in [3.8, 4) is 0 Å². The second kappa shape index (κ2) is 7.31. The highest BCUT2D eigenvalue weighted by Crippen LogP contribution is 2.27. The van der Waals surface area contributed by atoms with Crippen molar-refractivity contribution < 1.29 is 9.72 Å². The minimum atomic E-state index is -0.516. The van der Waals surface area contributed by atoms with E-state index in [1.807, 2.05) is 36.4 Å². The number of pyridine rings is 1. The van der Waals surface area contributed by atoms with Gasteiger partial charge in [0.15, 0.2) is 0 Å². The van der Waals surface area contributed by atoms with Crippen molar-refractivity contribution in [2.24, 2.45) is 0 Å². The lowest BCUT2D eigenvalue weighted by atomic mass is 10.2. The summed E-state index contributed by atoms with van der Waals surface area (Å²) in [5.41, 5.74) is 0.923. The van der Waals surface area contributed by atoms with Crippen molar-refractivity contribution in [1.82, 2.24) is 4.98 Å². The van der Waals surface area contributed by atoms with Gasteiger partial charge >= 0.3 is 0 Å². The molecule has 0 aliphatic heterocycles. The lowest BCUT2D eigenvalue weighted by Crippen LogP contribution is -2.23. The van der Waals surface area contributed by atoms with Crippen LogP contribution in [0, 0.1) is 10.1 Å². The molecule has 1 N–H and O–H groups in total. The largest absolute Gasteiger partial charge is 0.319 e. The van der Waals surface area contributed by atoms with Crippen molar-refractivity contribution >= 4 is 39.9 Å². The second-order valence-electron chi connectivity index (χ2n) is 5.37. The third-order valence-electron chi connectivity index (χ3n) is 3.60. The van der Waals surface area contributed by atoms with Gasteiger partial charge in [-0.05, 0) is 25.1 Å². The quantitative estimate of drug-likeness (QED) is 0.421. The molecule has 25 heavy (non-hydrogen) atoms. The summed E-state index contributed by atoms with van der Waals surface area (Å²) < 4.78 is 0. The summed E-state index contributed by atoms with van der Waals surface area (Å²) in [6.07, 6.45) is 0. The third kappa shape index (κ3) is 3.95. The van der Waals surface area contributed by atoms with E-state index in [0.717, 1.165) is 15.9 Å². The molecule has 0 radical (unpaired) electrons. The van der Waals surface area contributed by atoms with Crippen LogP contribution in [0.15, 0.2) is 65.7 Å². The highest BCUT2D eigenvalue weighted by molar-refractivity contribution is 8.00. The summed E-state index contributed by atoms with van der Waals surface area (Å²) >= 11 is 1.31. The molecule has 2 aromatic carbocycles. The van der Waals surface area contributed by atoms with Crippen LogP contribution < -0.4 is 5.32 Å². The Hall–Kier alpha value is -2.93. The summed E-state index contributed by atoms with van der Waals surface area (Å²) in [7, 11) is 0. The van der Waals surface area contributed by atoms with E-state index in [4.69, 9.17) is 0 Å². The molecular weight excluding hydrogens is 338 g/mol. The van der Waals surface area contributed by atoms with Crippen molar-refractivity contribution in [3.63, 3.8) is 0 Å². The average Bonchev–Trinajstić information content (AvgIpc) is 2.61. The highest BCUT2D eigenvalue weighted by atomic mass is 32.2. The standard InChI is InChI=1S/C18H15N3O3S/c1-12(18(22)20-15-8-4-5-9-16(15)21(23)24)25-17-11-10-13-6-2-3-7-14(13)19-17/h2-12H,1H3,(H,20,22)/t12-/m0/s1. The number of nitrogens with one attached hydrogen (secondary N) is 1. The maximum Gasteiger partial charge on any atom is 0.292 e. The zero-order valence-corrected chi connectivity index (χ0v) is 14.2. The number of nitro groups is 1. The van der Waals surface area contributed by atoms with E-state index < -0.39 is 10.2 Å². The molecule has 0 unspecified atom stereocenters. The Morgan fingerprint density at radius 2 is 1.84 bits per heavy atom. The van der Waals surface area contributed by atoms with Crippen LogP contribution in [0.2, 0.25) is 0 Å². The molecule has 0 saturated carbocycles. The number of carbonyl (C=O) groups excluding carboxylic acids is 1. The lowest BCUT2D eigenvalue weighted by molar-refractivity contribution is -0.383. The average molecular weight is 353 g/mol. The molecule has 3 rings (SSSR count). The van der Waals surface area contributed by atoms with Crippen LogP contribution in [0.25, 0.3) is 10.9 Å². The smallest absolute Gasteiger partial charge is 0.292 e. The first kappa shape index (κ1) is 16.9. The minimum absolute atomic E-state index is 0.128. The zero-order valence-electron chi connectivity index (χ0n) is 13.4. The summed E-state index contributed by atoms with van der Waals surface area (Å²) in [4.78, 5) is 27.4. The zero-order chi connectivity index (χ0) is 17.8. The van der Waals surface area contributed by atoms with Gasteiger partial charge in [-0.2, -0.15) is 0 Å². The number of nitrogens with zero attached hydrogens (tertiary/aromatic N) is 2. The molecule has 0 spiro atoms. The summed E-state index contributed by atoms with van der Waals surface area (Å²) in [6, 6.07) is 17.6. The fourth-order valence-electron chi connectivity index (χ4n) is 2.32. The maximum atomic E-state index is 12.4. The Balaban J connectivity index is 1.73. The van der Waals surface area contributed by atoms with Crippen LogP contribution in [0.1, 0.15) is 6.92 Å². The number of hydrogen-bond donors (Lipinski definition) is 1. The van der Waals surface area contributed by atoms with Gasteiger partial charge in [0.1, 0.15) is 5.69 Å². The number of thioether (sulfide) groups is 1. The molecule has 1 heterocycles. The van der Waals surface area contributed by atoms with E-state index >= 15 is 0 Å². The van der Waals surface area contributed by atoms with Crippen molar-refractivity contribution in [2.45, 2.75) is 17.2 Å². The number of hydrogen-bond acceptors (Lipinski definition) is 5. The van der Waals surface area contributed by atoms with E-state index in [1.165, 1.54) is 23.9 Å². The van der Waals surface area contributed by atoms with Crippen molar-refractivity contribution in [1.29, 1.82) is 0 Å². The molecule has 0 aliphatic carbocycles. The van der Waals surface area contributed by atoms with E-state index in [9.17, 15) is 14.9 Å². The van der Waals surface area contributed by atoms with Gasteiger partial charge in [0, 0.05) is 11.5 Å². The van der Waals surface area contributed by atoms with Crippen LogP contribution in [0.5, 0.6) is 0 Å². The monoisotopic (exact) mass is 353 g/mol. The Kier molecular flexibility index (Phi) is 4.95. The predicted octanol–water partition coefficient (Wildman–Crippen LogP) is 4.26. The normalized spacial score (nSPS) is 11.9. The SMILES string of the molecule is C[C@H](Sc1ccc2ccccc2n1)C(=O)Nc1ccccc1[N+](=O)[O-]. The van der Waals surface area contributed by atoms with Crippen LogP contribution in [-0.4, -0.2) is 21.1 Å². The van der Waals surface area contributed by atoms with Gasteiger partial charge < -0.3 is 5.32 Å². The van der Waals surface area contributed by atoms with Gasteiger partial charge in [-0.15, -0.1) is 0 Å². The Morgan fingerprint density at radius 3 is 2.64 bits per heavy atom. The number of amides is 1. The fourth-order valence-corrected chi connectivity index (χ4v) is 3.15. The summed E-state index contributed by atoms with van der Waals surface area (Å²) in [5.74, 6) is -0.311. The lowest BCUT2D eigenvalue weighted by Gasteiger charge is -2.12. The fraction of sp³-hybridized carbons (Fsp3) is 0.111. The third-order valence-corrected chi connectivity index (χ3v) is 4.63. The number of anilines is 1. The molecule has 0 aliphatic rings.